The first-order chi connectivity index (χ1) is 7.40. The van der Waals surface area contributed by atoms with Crippen LogP contribution in [0.1, 0.15) is 31.1 Å². The van der Waals surface area contributed by atoms with Crippen LogP contribution in [0.15, 0.2) is 9.59 Å². The zero-order chi connectivity index (χ0) is 12.5. The van der Waals surface area contributed by atoms with E-state index in [4.69, 9.17) is 5.11 Å². The van der Waals surface area contributed by atoms with Gasteiger partial charge in [-0.15, -0.1) is 0 Å². The molecule has 2 N–H and O–H groups in total. The molecule has 0 bridgehead atoms. The van der Waals surface area contributed by atoms with Gasteiger partial charge in [-0.05, 0) is 20.3 Å². The highest BCUT2D eigenvalue weighted by Gasteiger charge is 2.19. The lowest BCUT2D eigenvalue weighted by atomic mass is 10.2. The molecule has 6 heteroatoms. The molecule has 1 aromatic rings. The minimum atomic E-state index is -1.21. The minimum absolute atomic E-state index is 0.438. The van der Waals surface area contributed by atoms with Crippen molar-refractivity contribution in [3.8, 4) is 0 Å². The Morgan fingerprint density at radius 3 is 2.50 bits per heavy atom. The fourth-order valence-corrected chi connectivity index (χ4v) is 1.57. The van der Waals surface area contributed by atoms with Crippen LogP contribution < -0.4 is 11.2 Å². The van der Waals surface area contributed by atoms with Gasteiger partial charge in [0, 0.05) is 11.3 Å². The van der Waals surface area contributed by atoms with E-state index in [0.29, 0.717) is 17.7 Å². The highest BCUT2D eigenvalue weighted by Crippen LogP contribution is 2.01. The molecule has 88 valence electrons. The first-order valence-electron chi connectivity index (χ1n) is 4.97. The monoisotopic (exact) mass is 226 g/mol. The number of H-pyrrole nitrogens is 1. The molecular formula is C10H14N2O4. The molecule has 0 fully saturated rings. The molecule has 1 aromatic heterocycles. The summed E-state index contributed by atoms with van der Waals surface area (Å²) in [6.07, 6.45) is 0.452. The quantitative estimate of drug-likeness (QED) is 0.761. The second-order valence-electron chi connectivity index (χ2n) is 3.58. The summed E-state index contributed by atoms with van der Waals surface area (Å²) in [5.74, 6) is -1.21. The van der Waals surface area contributed by atoms with E-state index in [1.807, 2.05) is 0 Å². The average Bonchev–Trinajstić information content (AvgIpc) is 2.17. The molecule has 0 aliphatic carbocycles. The first-order valence-corrected chi connectivity index (χ1v) is 4.97. The van der Waals surface area contributed by atoms with Gasteiger partial charge in [-0.1, -0.05) is 6.92 Å². The Morgan fingerprint density at radius 2 is 2.06 bits per heavy atom. The molecule has 0 aliphatic heterocycles. The van der Waals surface area contributed by atoms with Crippen molar-refractivity contribution in [3.05, 3.63) is 32.1 Å². The van der Waals surface area contributed by atoms with Gasteiger partial charge < -0.3 is 10.1 Å². The van der Waals surface area contributed by atoms with E-state index < -0.39 is 23.3 Å². The number of aromatic nitrogens is 2. The smallest absolute Gasteiger partial charge is 0.329 e. The number of rotatable bonds is 3. The number of hydrogen-bond donors (Lipinski definition) is 2. The third kappa shape index (κ3) is 1.91. The Hall–Kier alpha value is -1.85. The summed E-state index contributed by atoms with van der Waals surface area (Å²) >= 11 is 0. The summed E-state index contributed by atoms with van der Waals surface area (Å²) in [5.41, 5.74) is -0.285. The van der Waals surface area contributed by atoms with Gasteiger partial charge in [-0.2, -0.15) is 0 Å². The summed E-state index contributed by atoms with van der Waals surface area (Å²) in [6.45, 7) is 4.70. The lowest BCUT2D eigenvalue weighted by Gasteiger charge is -2.11. The van der Waals surface area contributed by atoms with Crippen LogP contribution in [-0.4, -0.2) is 20.6 Å². The van der Waals surface area contributed by atoms with Crippen molar-refractivity contribution in [1.29, 1.82) is 0 Å². The molecule has 1 atom stereocenters. The number of aliphatic carboxylic acids is 1. The maximum atomic E-state index is 11.9. The predicted molar refractivity (Wildman–Crippen MR) is 57.8 cm³/mol. The summed E-state index contributed by atoms with van der Waals surface area (Å²) < 4.78 is 0.730. The van der Waals surface area contributed by atoms with E-state index >= 15 is 0 Å². The molecular weight excluding hydrogens is 212 g/mol. The Kier molecular flexibility index (Phi) is 3.31. The van der Waals surface area contributed by atoms with Crippen LogP contribution in [0.25, 0.3) is 0 Å². The van der Waals surface area contributed by atoms with Crippen molar-refractivity contribution in [2.24, 2.45) is 0 Å². The molecule has 0 saturated carbocycles. The molecule has 0 radical (unpaired) electrons. The molecule has 6 nitrogen and oxygen atoms in total. The molecule has 1 unspecified atom stereocenters. The van der Waals surface area contributed by atoms with Crippen LogP contribution in [0, 0.1) is 6.92 Å². The fraction of sp³-hybridized carbons (Fsp3) is 0.500. The topological polar surface area (TPSA) is 92.2 Å². The van der Waals surface area contributed by atoms with Crippen molar-refractivity contribution >= 4 is 5.97 Å². The van der Waals surface area contributed by atoms with E-state index in [-0.39, 0.29) is 0 Å². The number of carbonyl (C=O) groups is 1. The lowest BCUT2D eigenvalue weighted by molar-refractivity contribution is -0.140. The van der Waals surface area contributed by atoms with Crippen molar-refractivity contribution in [3.63, 3.8) is 0 Å². The van der Waals surface area contributed by atoms with Crippen LogP contribution in [-0.2, 0) is 11.2 Å². The Balaban J connectivity index is 3.58. The van der Waals surface area contributed by atoms with Gasteiger partial charge in [-0.3, -0.25) is 4.79 Å². The first kappa shape index (κ1) is 12.2. The molecule has 16 heavy (non-hydrogen) atoms. The molecule has 1 rings (SSSR count). The van der Waals surface area contributed by atoms with E-state index in [1.54, 1.807) is 13.8 Å². The molecule has 1 heterocycles. The maximum absolute atomic E-state index is 11.9. The zero-order valence-electron chi connectivity index (χ0n) is 9.40. The van der Waals surface area contributed by atoms with Gasteiger partial charge in [0.15, 0.2) is 0 Å². The second kappa shape index (κ2) is 4.34. The minimum Gasteiger partial charge on any atom is -0.480 e. The second-order valence-corrected chi connectivity index (χ2v) is 3.58. The van der Waals surface area contributed by atoms with Gasteiger partial charge in [0.1, 0.15) is 6.04 Å². The van der Waals surface area contributed by atoms with Gasteiger partial charge in [0.25, 0.3) is 5.56 Å². The predicted octanol–water partition coefficient (Wildman–Crippen LogP) is 0.0530. The van der Waals surface area contributed by atoms with E-state index in [1.165, 1.54) is 6.92 Å². The summed E-state index contributed by atoms with van der Waals surface area (Å²) in [7, 11) is 0. The maximum Gasteiger partial charge on any atom is 0.329 e. The van der Waals surface area contributed by atoms with Crippen LogP contribution in [0.4, 0.5) is 0 Å². The highest BCUT2D eigenvalue weighted by molar-refractivity contribution is 5.71. The highest BCUT2D eigenvalue weighted by atomic mass is 16.4. The number of carboxylic acid groups (broad SMARTS) is 1. The van der Waals surface area contributed by atoms with Crippen molar-refractivity contribution in [2.75, 3.05) is 0 Å². The fourth-order valence-electron chi connectivity index (χ4n) is 1.57. The van der Waals surface area contributed by atoms with Crippen LogP contribution in [0.3, 0.4) is 0 Å². The standard InChI is InChI=1S/C10H14N2O4/c1-4-7-5(2)11-10(16)12(8(7)13)6(3)9(14)15/h6H,4H2,1-3H3,(H,11,16)(H,14,15). The summed E-state index contributed by atoms with van der Waals surface area (Å²) in [4.78, 5) is 36.6. The van der Waals surface area contributed by atoms with Crippen LogP contribution >= 0.6 is 0 Å². The van der Waals surface area contributed by atoms with E-state index in [0.717, 1.165) is 4.57 Å². The Morgan fingerprint density at radius 1 is 1.50 bits per heavy atom. The summed E-state index contributed by atoms with van der Waals surface area (Å²) in [6, 6.07) is -1.16. The average molecular weight is 226 g/mol. The third-order valence-corrected chi connectivity index (χ3v) is 2.54. The van der Waals surface area contributed by atoms with Crippen molar-refractivity contribution < 1.29 is 9.90 Å². The molecule has 0 spiro atoms. The number of nitrogens with zero attached hydrogens (tertiary/aromatic N) is 1. The van der Waals surface area contributed by atoms with Gasteiger partial charge in [-0.25, -0.2) is 14.2 Å². The number of aryl methyl sites for hydroxylation is 1. The van der Waals surface area contributed by atoms with E-state index in [9.17, 15) is 14.4 Å². The molecule has 0 aromatic carbocycles. The Labute approximate surface area is 91.5 Å². The van der Waals surface area contributed by atoms with Gasteiger partial charge >= 0.3 is 11.7 Å². The van der Waals surface area contributed by atoms with Crippen LogP contribution in [0.2, 0.25) is 0 Å². The van der Waals surface area contributed by atoms with Crippen molar-refractivity contribution in [1.82, 2.24) is 9.55 Å². The summed E-state index contributed by atoms with van der Waals surface area (Å²) in [5, 5.41) is 8.80. The van der Waals surface area contributed by atoms with E-state index in [2.05, 4.69) is 4.98 Å². The number of aromatic amines is 1. The number of carboxylic acids is 1. The van der Waals surface area contributed by atoms with Crippen LogP contribution in [0.5, 0.6) is 0 Å². The van der Waals surface area contributed by atoms with Gasteiger partial charge in [0.05, 0.1) is 0 Å². The molecule has 0 saturated heterocycles. The third-order valence-electron chi connectivity index (χ3n) is 2.54. The molecule has 0 aliphatic rings. The van der Waals surface area contributed by atoms with Gasteiger partial charge in [0.2, 0.25) is 0 Å². The molecule has 0 amide bonds. The largest absolute Gasteiger partial charge is 0.480 e. The SMILES string of the molecule is CCc1c(C)[nH]c(=O)n(C(C)C(=O)O)c1=O. The Bertz CT molecular complexity index is 527. The number of hydrogen-bond acceptors (Lipinski definition) is 3. The zero-order valence-corrected chi connectivity index (χ0v) is 9.40. The van der Waals surface area contributed by atoms with Crippen molar-refractivity contribution in [2.45, 2.75) is 33.2 Å². The number of nitrogens with one attached hydrogen (secondary N) is 1. The lowest BCUT2D eigenvalue weighted by Crippen LogP contribution is -2.42. The normalized spacial score (nSPS) is 12.4.